The van der Waals surface area contributed by atoms with Gasteiger partial charge in [0, 0.05) is 24.5 Å². The van der Waals surface area contributed by atoms with Gasteiger partial charge in [-0.3, -0.25) is 9.71 Å². The molecule has 0 aliphatic carbocycles. The summed E-state index contributed by atoms with van der Waals surface area (Å²) in [5, 5.41) is 12.1. The third-order valence-electron chi connectivity index (χ3n) is 5.91. The maximum Gasteiger partial charge on any atom is 0.229 e. The van der Waals surface area contributed by atoms with E-state index >= 15 is 0 Å². The van der Waals surface area contributed by atoms with Crippen molar-refractivity contribution in [2.45, 2.75) is 39.7 Å². The summed E-state index contributed by atoms with van der Waals surface area (Å²) in [4.78, 5) is 4.16. The predicted molar refractivity (Wildman–Crippen MR) is 147 cm³/mol. The molecule has 4 rings (SSSR count). The number of nitrogens with one attached hydrogen (secondary N) is 2. The summed E-state index contributed by atoms with van der Waals surface area (Å²) in [6.45, 7) is 8.74. The van der Waals surface area contributed by atoms with Crippen LogP contribution >= 0.6 is 0 Å². The second-order valence-corrected chi connectivity index (χ2v) is 11.7. The summed E-state index contributed by atoms with van der Waals surface area (Å²) in [7, 11) is -1.97. The molecule has 4 aromatic rings. The van der Waals surface area contributed by atoms with Crippen LogP contribution in [0.4, 0.5) is 11.4 Å². The van der Waals surface area contributed by atoms with Gasteiger partial charge in [-0.2, -0.15) is 0 Å². The first-order chi connectivity index (χ1) is 17.4. The van der Waals surface area contributed by atoms with Gasteiger partial charge in [-0.15, -0.1) is 5.10 Å². The van der Waals surface area contributed by atoms with Crippen LogP contribution in [0, 0.1) is 6.92 Å². The van der Waals surface area contributed by atoms with Crippen LogP contribution in [0.25, 0.3) is 16.9 Å². The van der Waals surface area contributed by atoms with Crippen LogP contribution in [-0.4, -0.2) is 41.8 Å². The van der Waals surface area contributed by atoms with E-state index in [-0.39, 0.29) is 5.41 Å². The predicted octanol–water partition coefficient (Wildman–Crippen LogP) is 4.93. The standard InChI is InChI=1S/C27H32N6O3S/c1-18-9-10-19(12-25(18)33-17-24(30-32-33)20-8-7-11-28-16-20)15-29-22-13-21(27(2,3)4)14-23(26(22)36-5)31-37(6,34)35/h7-14,16-17,29,31H,15H2,1-6H3. The van der Waals surface area contributed by atoms with E-state index < -0.39 is 10.0 Å². The number of methoxy groups -OCH3 is 1. The van der Waals surface area contributed by atoms with E-state index in [2.05, 4.69) is 52.2 Å². The molecular formula is C27H32N6O3S. The second-order valence-electron chi connectivity index (χ2n) is 9.99. The van der Waals surface area contributed by atoms with Crippen LogP contribution in [0.3, 0.4) is 0 Å². The number of pyridine rings is 1. The van der Waals surface area contributed by atoms with E-state index in [1.807, 2.05) is 49.5 Å². The molecule has 0 aliphatic heterocycles. The molecule has 2 aromatic carbocycles. The van der Waals surface area contributed by atoms with Crippen molar-refractivity contribution in [3.8, 4) is 22.7 Å². The lowest BCUT2D eigenvalue weighted by Gasteiger charge is -2.24. The normalized spacial score (nSPS) is 11.8. The summed E-state index contributed by atoms with van der Waals surface area (Å²) < 4.78 is 34.0. The fourth-order valence-electron chi connectivity index (χ4n) is 3.93. The number of aromatic nitrogens is 4. The molecule has 0 spiro atoms. The van der Waals surface area contributed by atoms with E-state index in [1.54, 1.807) is 17.1 Å². The Kier molecular flexibility index (Phi) is 7.22. The van der Waals surface area contributed by atoms with Crippen LogP contribution in [0.15, 0.2) is 61.1 Å². The molecule has 0 fully saturated rings. The fourth-order valence-corrected chi connectivity index (χ4v) is 4.48. The summed E-state index contributed by atoms with van der Waals surface area (Å²) in [5.74, 6) is 0.433. The zero-order valence-electron chi connectivity index (χ0n) is 21.9. The molecule has 0 aliphatic rings. The van der Waals surface area contributed by atoms with E-state index in [9.17, 15) is 8.42 Å². The van der Waals surface area contributed by atoms with Gasteiger partial charge in [0.2, 0.25) is 10.0 Å². The molecule has 194 valence electrons. The van der Waals surface area contributed by atoms with Gasteiger partial charge in [0.25, 0.3) is 0 Å². The van der Waals surface area contributed by atoms with Gasteiger partial charge in [0.05, 0.1) is 36.6 Å². The summed E-state index contributed by atoms with van der Waals surface area (Å²) in [6, 6.07) is 13.8. The van der Waals surface area contributed by atoms with Crippen LogP contribution < -0.4 is 14.8 Å². The van der Waals surface area contributed by atoms with Crippen molar-refractivity contribution in [2.75, 3.05) is 23.4 Å². The first-order valence-corrected chi connectivity index (χ1v) is 13.7. The van der Waals surface area contributed by atoms with E-state index in [0.29, 0.717) is 23.7 Å². The van der Waals surface area contributed by atoms with Crippen molar-refractivity contribution in [3.05, 3.63) is 77.7 Å². The highest BCUT2D eigenvalue weighted by atomic mass is 32.2. The summed E-state index contributed by atoms with van der Waals surface area (Å²) in [5.41, 5.74) is 6.48. The Labute approximate surface area is 218 Å². The zero-order chi connectivity index (χ0) is 26.8. The van der Waals surface area contributed by atoms with Crippen LogP contribution in [0.1, 0.15) is 37.5 Å². The molecule has 37 heavy (non-hydrogen) atoms. The first-order valence-electron chi connectivity index (χ1n) is 11.8. The number of ether oxygens (including phenoxy) is 1. The molecule has 9 nitrogen and oxygen atoms in total. The minimum Gasteiger partial charge on any atom is -0.492 e. The van der Waals surface area contributed by atoms with Crippen molar-refractivity contribution in [1.29, 1.82) is 0 Å². The van der Waals surface area contributed by atoms with E-state index in [1.165, 1.54) is 7.11 Å². The average molecular weight is 521 g/mol. The van der Waals surface area contributed by atoms with Gasteiger partial charge in [-0.05, 0) is 59.4 Å². The smallest absolute Gasteiger partial charge is 0.229 e. The number of sulfonamides is 1. The number of anilines is 2. The largest absolute Gasteiger partial charge is 0.492 e. The lowest BCUT2D eigenvalue weighted by Crippen LogP contribution is -2.16. The Balaban J connectivity index is 1.64. The molecule has 2 heterocycles. The van der Waals surface area contributed by atoms with Gasteiger partial charge < -0.3 is 10.1 Å². The molecule has 2 aromatic heterocycles. The molecule has 0 radical (unpaired) electrons. The fraction of sp³-hybridized carbons (Fsp3) is 0.296. The Bertz CT molecular complexity index is 1510. The number of hydrogen-bond donors (Lipinski definition) is 2. The third kappa shape index (κ3) is 6.26. The Morgan fingerprint density at radius 2 is 1.84 bits per heavy atom. The highest BCUT2D eigenvalue weighted by Crippen LogP contribution is 2.39. The molecular weight excluding hydrogens is 488 g/mol. The third-order valence-corrected chi connectivity index (χ3v) is 6.50. The topological polar surface area (TPSA) is 111 Å². The van der Waals surface area contributed by atoms with Crippen LogP contribution in [-0.2, 0) is 22.0 Å². The second kappa shape index (κ2) is 10.2. The van der Waals surface area contributed by atoms with E-state index in [0.717, 1.165) is 39.9 Å². The van der Waals surface area contributed by atoms with Gasteiger partial charge >= 0.3 is 0 Å². The molecule has 0 saturated heterocycles. The number of hydrogen-bond acceptors (Lipinski definition) is 7. The maximum absolute atomic E-state index is 12.0. The quantitative estimate of drug-likeness (QED) is 0.339. The minimum atomic E-state index is -3.49. The van der Waals surface area contributed by atoms with Crippen LogP contribution in [0.5, 0.6) is 5.75 Å². The molecule has 0 bridgehead atoms. The average Bonchev–Trinajstić information content (AvgIpc) is 3.32. The van der Waals surface area contributed by atoms with Crippen molar-refractivity contribution in [2.24, 2.45) is 0 Å². The zero-order valence-corrected chi connectivity index (χ0v) is 22.7. The van der Waals surface area contributed by atoms with Crippen molar-refractivity contribution >= 4 is 21.4 Å². The van der Waals surface area contributed by atoms with Crippen molar-refractivity contribution < 1.29 is 13.2 Å². The number of benzene rings is 2. The molecule has 0 unspecified atom stereocenters. The van der Waals surface area contributed by atoms with Crippen molar-refractivity contribution in [1.82, 2.24) is 20.0 Å². The highest BCUT2D eigenvalue weighted by molar-refractivity contribution is 7.92. The minimum absolute atomic E-state index is 0.202. The number of nitrogens with zero attached hydrogens (tertiary/aromatic N) is 4. The van der Waals surface area contributed by atoms with Crippen molar-refractivity contribution in [3.63, 3.8) is 0 Å². The highest BCUT2D eigenvalue weighted by Gasteiger charge is 2.21. The molecule has 0 atom stereocenters. The Hall–Kier alpha value is -3.92. The molecule has 10 heteroatoms. The number of aryl methyl sites for hydroxylation is 1. The van der Waals surface area contributed by atoms with Gasteiger partial charge in [0.1, 0.15) is 5.69 Å². The lowest BCUT2D eigenvalue weighted by atomic mass is 9.86. The van der Waals surface area contributed by atoms with Gasteiger partial charge in [0.15, 0.2) is 5.75 Å². The summed E-state index contributed by atoms with van der Waals surface area (Å²) in [6.07, 6.45) is 6.49. The maximum atomic E-state index is 12.0. The Morgan fingerprint density at radius 3 is 2.49 bits per heavy atom. The molecule has 0 amide bonds. The van der Waals surface area contributed by atoms with Gasteiger partial charge in [-0.25, -0.2) is 13.1 Å². The first kappa shape index (κ1) is 26.2. The monoisotopic (exact) mass is 520 g/mol. The summed E-state index contributed by atoms with van der Waals surface area (Å²) >= 11 is 0. The lowest BCUT2D eigenvalue weighted by molar-refractivity contribution is 0.418. The van der Waals surface area contributed by atoms with E-state index in [4.69, 9.17) is 4.74 Å². The Morgan fingerprint density at radius 1 is 1.08 bits per heavy atom. The van der Waals surface area contributed by atoms with Crippen LogP contribution in [0.2, 0.25) is 0 Å². The number of rotatable bonds is 8. The SMILES string of the molecule is COc1c(NCc2ccc(C)c(-n3cc(-c4cccnc4)nn3)c2)cc(C(C)(C)C)cc1NS(C)(=O)=O. The molecule has 2 N–H and O–H groups in total. The van der Waals surface area contributed by atoms with Gasteiger partial charge in [-0.1, -0.05) is 38.1 Å². The molecule has 0 saturated carbocycles.